The summed E-state index contributed by atoms with van der Waals surface area (Å²) in [6.45, 7) is 9.00. The second-order valence-electron chi connectivity index (χ2n) is 9.10. The lowest BCUT2D eigenvalue weighted by molar-refractivity contribution is -0.120. The van der Waals surface area contributed by atoms with Crippen molar-refractivity contribution in [1.29, 1.82) is 0 Å². The summed E-state index contributed by atoms with van der Waals surface area (Å²) in [6.07, 6.45) is 3.43. The van der Waals surface area contributed by atoms with Crippen LogP contribution in [-0.4, -0.2) is 48.7 Å². The number of rotatable bonds is 10. The third-order valence-electron chi connectivity index (χ3n) is 6.27. The highest BCUT2D eigenvalue weighted by atomic mass is 19.1. The zero-order chi connectivity index (χ0) is 25.7. The molecule has 4 rings (SSSR count). The number of amides is 1. The third-order valence-corrected chi connectivity index (χ3v) is 6.27. The highest BCUT2D eigenvalue weighted by Gasteiger charge is 2.17. The molecule has 1 aliphatic rings. The first-order valence-electron chi connectivity index (χ1n) is 12.2. The molecule has 0 saturated carbocycles. The van der Waals surface area contributed by atoms with E-state index >= 15 is 0 Å². The lowest BCUT2D eigenvalue weighted by atomic mass is 10.1. The van der Waals surface area contributed by atoms with E-state index in [-0.39, 0.29) is 23.8 Å². The van der Waals surface area contributed by atoms with Gasteiger partial charge in [-0.1, -0.05) is 12.6 Å². The number of carbonyl (C=O) groups excluding carboxylic acids is 1. The van der Waals surface area contributed by atoms with Crippen LogP contribution in [0.3, 0.4) is 0 Å². The van der Waals surface area contributed by atoms with Crippen LogP contribution in [-0.2, 0) is 11.3 Å². The van der Waals surface area contributed by atoms with Crippen LogP contribution in [0.25, 0.3) is 22.0 Å². The lowest BCUT2D eigenvalue weighted by Gasteiger charge is -2.17. The molecule has 0 radical (unpaired) electrons. The maximum atomic E-state index is 14.0. The minimum atomic E-state index is -0.512. The molecule has 7 nitrogen and oxygen atoms in total. The van der Waals surface area contributed by atoms with Crippen LogP contribution in [0.15, 0.2) is 59.5 Å². The van der Waals surface area contributed by atoms with Gasteiger partial charge in [0.1, 0.15) is 12.3 Å². The Morgan fingerprint density at radius 3 is 2.64 bits per heavy atom. The van der Waals surface area contributed by atoms with Crippen LogP contribution in [0, 0.1) is 5.82 Å². The van der Waals surface area contributed by atoms with Crippen LogP contribution >= 0.6 is 0 Å². The van der Waals surface area contributed by atoms with Crippen LogP contribution in [0.1, 0.15) is 26.2 Å². The Kier molecular flexibility index (Phi) is 8.05. The van der Waals surface area contributed by atoms with Crippen LogP contribution < -0.4 is 20.3 Å². The second-order valence-corrected chi connectivity index (χ2v) is 9.10. The number of pyridine rings is 1. The Hall–Kier alpha value is -3.65. The second kappa shape index (κ2) is 11.4. The van der Waals surface area contributed by atoms with Crippen molar-refractivity contribution in [2.24, 2.45) is 0 Å². The smallest absolute Gasteiger partial charge is 0.259 e. The molecule has 190 valence electrons. The quantitative estimate of drug-likeness (QED) is 0.426. The molecule has 0 unspecified atom stereocenters. The van der Waals surface area contributed by atoms with Gasteiger partial charge in [0.05, 0.1) is 24.8 Å². The van der Waals surface area contributed by atoms with Gasteiger partial charge >= 0.3 is 0 Å². The zero-order valence-corrected chi connectivity index (χ0v) is 20.8. The number of likely N-dealkylation sites (tertiary alicyclic amines) is 1. The first-order chi connectivity index (χ1) is 17.4. The van der Waals surface area contributed by atoms with Gasteiger partial charge < -0.3 is 19.7 Å². The van der Waals surface area contributed by atoms with Crippen LogP contribution in [0.2, 0.25) is 0 Å². The van der Waals surface area contributed by atoms with Crippen molar-refractivity contribution in [3.8, 4) is 22.8 Å². The van der Waals surface area contributed by atoms with Crippen molar-refractivity contribution >= 4 is 16.7 Å². The molecular formula is C28H32FN3O4. The van der Waals surface area contributed by atoms with Crippen molar-refractivity contribution in [2.75, 3.05) is 33.4 Å². The Balaban J connectivity index is 1.67. The number of nitrogens with zero attached hydrogens (tertiary/aromatic N) is 2. The molecule has 1 saturated heterocycles. The van der Waals surface area contributed by atoms with Gasteiger partial charge in [0.2, 0.25) is 5.91 Å². The highest BCUT2D eigenvalue weighted by molar-refractivity contribution is 5.88. The fourth-order valence-corrected chi connectivity index (χ4v) is 4.54. The number of aromatic nitrogens is 1. The predicted molar refractivity (Wildman–Crippen MR) is 139 cm³/mol. The van der Waals surface area contributed by atoms with E-state index in [2.05, 4.69) is 16.8 Å². The van der Waals surface area contributed by atoms with Gasteiger partial charge in [0.15, 0.2) is 11.6 Å². The molecule has 1 N–H and O–H groups in total. The Labute approximate surface area is 210 Å². The van der Waals surface area contributed by atoms with E-state index in [1.807, 2.05) is 18.2 Å². The van der Waals surface area contributed by atoms with Crippen LogP contribution in [0.4, 0.5) is 4.39 Å². The summed E-state index contributed by atoms with van der Waals surface area (Å²) in [4.78, 5) is 28.6. The zero-order valence-electron chi connectivity index (χ0n) is 20.8. The number of hydrogen-bond acceptors (Lipinski definition) is 5. The number of methoxy groups -OCH3 is 1. The summed E-state index contributed by atoms with van der Waals surface area (Å²) in [5.41, 5.74) is 1.16. The van der Waals surface area contributed by atoms with Gasteiger partial charge in [-0.05, 0) is 81.1 Å². The van der Waals surface area contributed by atoms with E-state index in [9.17, 15) is 14.0 Å². The van der Waals surface area contributed by atoms with Crippen LogP contribution in [0.5, 0.6) is 11.5 Å². The molecule has 8 heteroatoms. The van der Waals surface area contributed by atoms with Gasteiger partial charge in [0, 0.05) is 17.8 Å². The molecule has 1 amide bonds. The molecule has 0 aliphatic carbocycles. The van der Waals surface area contributed by atoms with Gasteiger partial charge in [-0.3, -0.25) is 14.2 Å². The number of halogens is 1. The molecule has 1 aromatic heterocycles. The average Bonchev–Trinajstić information content (AvgIpc) is 3.37. The molecule has 2 aromatic carbocycles. The molecule has 1 fully saturated rings. The number of carbonyl (C=O) groups is 1. The van der Waals surface area contributed by atoms with Gasteiger partial charge in [0.25, 0.3) is 5.56 Å². The topological polar surface area (TPSA) is 72.8 Å². The molecule has 2 heterocycles. The van der Waals surface area contributed by atoms with Gasteiger partial charge in [-0.2, -0.15) is 0 Å². The number of fused-ring (bicyclic) bond motifs is 1. The standard InChI is InChI=1S/C28H32FN3O4/c1-19(2)30-27(33)18-32-25(21-8-10-24(29)26(16-21)35-3)15-20-7-9-22(17-23(20)28(32)34)36-14-6-13-31-11-4-5-12-31/h7-10,15-17H,1,4-6,11-14,18H2,2-3H3,(H,30,33). The van der Waals surface area contributed by atoms with E-state index in [1.54, 1.807) is 19.1 Å². The minimum Gasteiger partial charge on any atom is -0.494 e. The maximum absolute atomic E-state index is 14.0. The molecule has 3 aromatic rings. The average molecular weight is 494 g/mol. The molecular weight excluding hydrogens is 461 g/mol. The number of nitrogens with one attached hydrogen (secondary N) is 1. The number of benzene rings is 2. The first kappa shape index (κ1) is 25.4. The van der Waals surface area contributed by atoms with Crippen molar-refractivity contribution in [1.82, 2.24) is 14.8 Å². The molecule has 0 atom stereocenters. The SMILES string of the molecule is C=C(C)NC(=O)Cn1c(-c2ccc(F)c(OC)c2)cc2ccc(OCCCN3CCCC3)cc2c1=O. The summed E-state index contributed by atoms with van der Waals surface area (Å²) in [6, 6.07) is 11.6. The summed E-state index contributed by atoms with van der Waals surface area (Å²) in [5.74, 6) is -0.234. The van der Waals surface area contributed by atoms with Gasteiger partial charge in [-0.25, -0.2) is 4.39 Å². The monoisotopic (exact) mass is 493 g/mol. The van der Waals surface area contributed by atoms with E-state index < -0.39 is 5.82 Å². The predicted octanol–water partition coefficient (Wildman–Crippen LogP) is 4.33. The largest absolute Gasteiger partial charge is 0.494 e. The molecule has 0 bridgehead atoms. The van der Waals surface area contributed by atoms with E-state index in [4.69, 9.17) is 9.47 Å². The van der Waals surface area contributed by atoms with E-state index in [0.717, 1.165) is 26.1 Å². The number of allylic oxidation sites excluding steroid dienone is 1. The summed E-state index contributed by atoms with van der Waals surface area (Å²) in [5, 5.41) is 3.77. The third kappa shape index (κ3) is 5.94. The van der Waals surface area contributed by atoms with Gasteiger partial charge in [-0.15, -0.1) is 0 Å². The summed E-state index contributed by atoms with van der Waals surface area (Å²) < 4.78 is 26.5. The van der Waals surface area contributed by atoms with Crippen molar-refractivity contribution < 1.29 is 18.7 Å². The van der Waals surface area contributed by atoms with Crippen molar-refractivity contribution in [3.63, 3.8) is 0 Å². The highest BCUT2D eigenvalue weighted by Crippen LogP contribution is 2.29. The fraction of sp³-hybridized carbons (Fsp3) is 0.357. The first-order valence-corrected chi connectivity index (χ1v) is 12.2. The number of hydrogen-bond donors (Lipinski definition) is 1. The number of ether oxygens (including phenoxy) is 2. The van der Waals surface area contributed by atoms with E-state index in [0.29, 0.717) is 40.1 Å². The molecule has 0 spiro atoms. The molecule has 1 aliphatic heterocycles. The van der Waals surface area contributed by atoms with Crippen molar-refractivity contribution in [3.05, 3.63) is 70.9 Å². The van der Waals surface area contributed by atoms with Crippen molar-refractivity contribution in [2.45, 2.75) is 32.7 Å². The van der Waals surface area contributed by atoms with E-state index in [1.165, 1.54) is 36.7 Å². The normalized spacial score (nSPS) is 13.6. The lowest BCUT2D eigenvalue weighted by Crippen LogP contribution is -2.32. The maximum Gasteiger partial charge on any atom is 0.259 e. The molecule has 36 heavy (non-hydrogen) atoms. The Morgan fingerprint density at radius 2 is 1.92 bits per heavy atom. The summed E-state index contributed by atoms with van der Waals surface area (Å²) >= 11 is 0. The summed E-state index contributed by atoms with van der Waals surface area (Å²) in [7, 11) is 1.38. The fourth-order valence-electron chi connectivity index (χ4n) is 4.54. The Bertz CT molecular complexity index is 1330. The Morgan fingerprint density at radius 1 is 1.14 bits per heavy atom. The minimum absolute atomic E-state index is 0.0515.